The molecule has 0 spiro atoms. The first kappa shape index (κ1) is 15.7. The number of alkyl halides is 6. The number of benzene rings is 1. The minimum absolute atomic E-state index is 0.0264. The summed E-state index contributed by atoms with van der Waals surface area (Å²) < 4.78 is 79.6. The molecule has 0 aromatic heterocycles. The quantitative estimate of drug-likeness (QED) is 0.753. The highest BCUT2D eigenvalue weighted by Crippen LogP contribution is 2.42. The topological polar surface area (TPSA) is 9.23 Å². The van der Waals surface area contributed by atoms with Crippen molar-refractivity contribution in [1.29, 1.82) is 0 Å². The number of halogens is 6. The highest BCUT2D eigenvalue weighted by molar-refractivity contribution is 5.37. The Kier molecular flexibility index (Phi) is 4.37. The summed E-state index contributed by atoms with van der Waals surface area (Å²) in [4.78, 5) is 0. The molecule has 108 valence electrons. The van der Waals surface area contributed by atoms with E-state index in [1.165, 1.54) is 25.3 Å². The molecule has 1 nitrogen and oxygen atoms in total. The fourth-order valence-corrected chi connectivity index (χ4v) is 1.66. The largest absolute Gasteiger partial charge is 0.496 e. The van der Waals surface area contributed by atoms with Crippen molar-refractivity contribution >= 4 is 0 Å². The Bertz CT molecular complexity index is 421. The third kappa shape index (κ3) is 4.04. The molecule has 0 aliphatic heterocycles. The van der Waals surface area contributed by atoms with E-state index in [2.05, 4.69) is 0 Å². The molecule has 0 saturated heterocycles. The maximum Gasteiger partial charge on any atom is 0.400 e. The average Bonchev–Trinajstić information content (AvgIpc) is 2.23. The van der Waals surface area contributed by atoms with Crippen molar-refractivity contribution in [2.45, 2.75) is 25.7 Å². The van der Waals surface area contributed by atoms with Gasteiger partial charge in [-0.1, -0.05) is 12.1 Å². The lowest BCUT2D eigenvalue weighted by Crippen LogP contribution is -2.38. The molecule has 0 heterocycles. The van der Waals surface area contributed by atoms with Gasteiger partial charge in [0.1, 0.15) is 5.75 Å². The van der Waals surface area contributed by atoms with E-state index in [1.54, 1.807) is 6.92 Å². The van der Waals surface area contributed by atoms with E-state index < -0.39 is 24.7 Å². The molecule has 0 aliphatic carbocycles. The maximum absolute atomic E-state index is 12.5. The molecule has 19 heavy (non-hydrogen) atoms. The Balaban J connectivity index is 3.11. The van der Waals surface area contributed by atoms with Crippen LogP contribution in [0.3, 0.4) is 0 Å². The van der Waals surface area contributed by atoms with E-state index in [-0.39, 0.29) is 11.3 Å². The van der Waals surface area contributed by atoms with Crippen molar-refractivity contribution in [3.8, 4) is 5.75 Å². The maximum atomic E-state index is 12.5. The Hall–Kier alpha value is -1.40. The SMILES string of the molecule is COc1cc(C)ccc1CC(C(F)(F)F)C(F)(F)F. The third-order valence-electron chi connectivity index (χ3n) is 2.66. The van der Waals surface area contributed by atoms with Gasteiger partial charge in [-0.2, -0.15) is 26.3 Å². The molecule has 1 aromatic carbocycles. The van der Waals surface area contributed by atoms with Crippen LogP contribution in [0.4, 0.5) is 26.3 Å². The predicted octanol–water partition coefficient (Wildman–Crippen LogP) is 4.29. The molecule has 0 N–H and O–H groups in total. The summed E-state index contributed by atoms with van der Waals surface area (Å²) in [5.41, 5.74) is 0.573. The lowest BCUT2D eigenvalue weighted by atomic mass is 9.96. The number of ether oxygens (including phenoxy) is 1. The Morgan fingerprint density at radius 2 is 1.58 bits per heavy atom. The molecule has 1 aromatic rings. The summed E-state index contributed by atoms with van der Waals surface area (Å²) in [6.07, 6.45) is -11.9. The van der Waals surface area contributed by atoms with Crippen LogP contribution in [0.25, 0.3) is 0 Å². The summed E-state index contributed by atoms with van der Waals surface area (Å²) in [5.74, 6) is -3.37. The van der Waals surface area contributed by atoms with E-state index in [0.29, 0.717) is 5.56 Å². The van der Waals surface area contributed by atoms with Crippen molar-refractivity contribution < 1.29 is 31.1 Å². The third-order valence-corrected chi connectivity index (χ3v) is 2.66. The van der Waals surface area contributed by atoms with Crippen LogP contribution < -0.4 is 4.74 Å². The van der Waals surface area contributed by atoms with Crippen LogP contribution in [-0.2, 0) is 6.42 Å². The summed E-state index contributed by atoms with van der Waals surface area (Å²) in [5, 5.41) is 0. The molecule has 0 aliphatic rings. The summed E-state index contributed by atoms with van der Waals surface area (Å²) >= 11 is 0. The molecule has 0 atom stereocenters. The van der Waals surface area contributed by atoms with Crippen LogP contribution in [0, 0.1) is 12.8 Å². The van der Waals surface area contributed by atoms with E-state index >= 15 is 0 Å². The first-order valence-corrected chi connectivity index (χ1v) is 5.32. The van der Waals surface area contributed by atoms with Gasteiger partial charge in [-0.05, 0) is 30.5 Å². The highest BCUT2D eigenvalue weighted by Gasteiger charge is 2.56. The smallest absolute Gasteiger partial charge is 0.400 e. The van der Waals surface area contributed by atoms with Gasteiger partial charge in [-0.25, -0.2) is 0 Å². The minimum atomic E-state index is -5.34. The standard InChI is InChI=1S/C12H12F6O/c1-7-3-4-8(9(5-7)19-2)6-10(11(13,14)15)12(16,17)18/h3-5,10H,6H2,1-2H3. The molecular formula is C12H12F6O. The van der Waals surface area contributed by atoms with E-state index in [4.69, 9.17) is 4.74 Å². The lowest BCUT2D eigenvalue weighted by Gasteiger charge is -2.23. The zero-order valence-corrected chi connectivity index (χ0v) is 10.2. The number of hydrogen-bond donors (Lipinski definition) is 0. The van der Waals surface area contributed by atoms with E-state index in [1.807, 2.05) is 0 Å². The number of aryl methyl sites for hydroxylation is 1. The molecule has 0 saturated carbocycles. The monoisotopic (exact) mass is 286 g/mol. The van der Waals surface area contributed by atoms with Crippen molar-refractivity contribution in [2.24, 2.45) is 5.92 Å². The minimum Gasteiger partial charge on any atom is -0.496 e. The number of methoxy groups -OCH3 is 1. The van der Waals surface area contributed by atoms with Gasteiger partial charge in [-0.3, -0.25) is 0 Å². The van der Waals surface area contributed by atoms with Crippen LogP contribution in [-0.4, -0.2) is 19.5 Å². The van der Waals surface area contributed by atoms with Gasteiger partial charge >= 0.3 is 12.4 Å². The predicted molar refractivity (Wildman–Crippen MR) is 57.0 cm³/mol. The van der Waals surface area contributed by atoms with E-state index in [0.717, 1.165) is 0 Å². The second-order valence-corrected chi connectivity index (χ2v) is 4.16. The second-order valence-electron chi connectivity index (χ2n) is 4.16. The molecular weight excluding hydrogens is 274 g/mol. The number of hydrogen-bond acceptors (Lipinski definition) is 1. The summed E-state index contributed by atoms with van der Waals surface area (Å²) in [6.45, 7) is 1.66. The van der Waals surface area contributed by atoms with Crippen molar-refractivity contribution in [3.63, 3.8) is 0 Å². The molecule has 7 heteroatoms. The molecule has 1 rings (SSSR count). The lowest BCUT2D eigenvalue weighted by molar-refractivity contribution is -0.283. The first-order valence-electron chi connectivity index (χ1n) is 5.32. The van der Waals surface area contributed by atoms with Gasteiger partial charge in [0.05, 0.1) is 7.11 Å². The Morgan fingerprint density at radius 1 is 1.05 bits per heavy atom. The van der Waals surface area contributed by atoms with Gasteiger partial charge in [0.2, 0.25) is 0 Å². The average molecular weight is 286 g/mol. The normalized spacial score (nSPS) is 12.9. The first-order chi connectivity index (χ1) is 8.55. The summed E-state index contributed by atoms with van der Waals surface area (Å²) in [7, 11) is 1.20. The number of rotatable bonds is 3. The molecule has 0 amide bonds. The van der Waals surface area contributed by atoms with Crippen LogP contribution in [0.15, 0.2) is 18.2 Å². The molecule has 0 bridgehead atoms. The zero-order chi connectivity index (χ0) is 14.8. The molecule has 0 radical (unpaired) electrons. The zero-order valence-electron chi connectivity index (χ0n) is 10.2. The Morgan fingerprint density at radius 3 is 2.00 bits per heavy atom. The van der Waals surface area contributed by atoms with E-state index in [9.17, 15) is 26.3 Å². The van der Waals surface area contributed by atoms with Crippen molar-refractivity contribution in [2.75, 3.05) is 7.11 Å². The van der Waals surface area contributed by atoms with Crippen LogP contribution >= 0.6 is 0 Å². The van der Waals surface area contributed by atoms with Crippen LogP contribution in [0.1, 0.15) is 11.1 Å². The van der Waals surface area contributed by atoms with Crippen molar-refractivity contribution in [1.82, 2.24) is 0 Å². The molecule has 0 unspecified atom stereocenters. The fraction of sp³-hybridized carbons (Fsp3) is 0.500. The van der Waals surface area contributed by atoms with Crippen molar-refractivity contribution in [3.05, 3.63) is 29.3 Å². The van der Waals surface area contributed by atoms with Crippen LogP contribution in [0.2, 0.25) is 0 Å². The van der Waals surface area contributed by atoms with Gasteiger partial charge in [0.25, 0.3) is 0 Å². The highest BCUT2D eigenvalue weighted by atomic mass is 19.4. The van der Waals surface area contributed by atoms with Gasteiger partial charge < -0.3 is 4.74 Å². The fourth-order valence-electron chi connectivity index (χ4n) is 1.66. The van der Waals surface area contributed by atoms with Gasteiger partial charge in [0, 0.05) is 0 Å². The second kappa shape index (κ2) is 5.30. The molecule has 0 fully saturated rings. The summed E-state index contributed by atoms with van der Waals surface area (Å²) in [6, 6.07) is 4.07. The van der Waals surface area contributed by atoms with Gasteiger partial charge in [-0.15, -0.1) is 0 Å². The van der Waals surface area contributed by atoms with Crippen LogP contribution in [0.5, 0.6) is 5.75 Å². The Labute approximate surface area is 106 Å². The van der Waals surface area contributed by atoms with Gasteiger partial charge in [0.15, 0.2) is 5.92 Å².